The van der Waals surface area contributed by atoms with Gasteiger partial charge in [-0.3, -0.25) is 20.2 Å². The minimum absolute atomic E-state index is 0.0328. The van der Waals surface area contributed by atoms with Crippen molar-refractivity contribution < 1.29 is 14.5 Å². The van der Waals surface area contributed by atoms with Crippen molar-refractivity contribution in [1.29, 1.82) is 0 Å². The van der Waals surface area contributed by atoms with Crippen molar-refractivity contribution in [1.82, 2.24) is 10.2 Å². The van der Waals surface area contributed by atoms with Crippen molar-refractivity contribution in [2.75, 3.05) is 11.9 Å². The Hall–Kier alpha value is -2.55. The molecule has 0 unspecified atom stereocenters. The van der Waals surface area contributed by atoms with Crippen LogP contribution in [0.25, 0.3) is 0 Å². The van der Waals surface area contributed by atoms with Crippen LogP contribution in [0.4, 0.5) is 10.8 Å². The predicted octanol–water partition coefficient (Wildman–Crippen LogP) is 3.37. The van der Waals surface area contributed by atoms with Crippen LogP contribution in [0.3, 0.4) is 0 Å². The third kappa shape index (κ3) is 4.72. The number of nitro groups is 1. The summed E-state index contributed by atoms with van der Waals surface area (Å²) in [6.07, 6.45) is 1.95. The maximum atomic E-state index is 11.9. The second-order valence-corrected chi connectivity index (χ2v) is 6.06. The normalized spacial score (nSPS) is 10.6. The molecule has 1 aromatic heterocycles. The molecule has 1 N–H and O–H groups in total. The molecule has 0 saturated heterocycles. The van der Waals surface area contributed by atoms with Gasteiger partial charge in [-0.15, -0.1) is 10.2 Å². The molecule has 9 heteroatoms. The first kappa shape index (κ1) is 17.8. The van der Waals surface area contributed by atoms with Crippen LogP contribution in [0, 0.1) is 10.1 Å². The summed E-state index contributed by atoms with van der Waals surface area (Å²) in [5.41, 5.74) is -0.0328. The minimum atomic E-state index is -0.497. The van der Waals surface area contributed by atoms with Gasteiger partial charge in [0.1, 0.15) is 10.8 Å². The first-order chi connectivity index (χ1) is 11.5. The van der Waals surface area contributed by atoms with E-state index < -0.39 is 4.92 Å². The largest absolute Gasteiger partial charge is 0.484 e. The highest BCUT2D eigenvalue weighted by Gasteiger charge is 2.15. The highest BCUT2D eigenvalue weighted by atomic mass is 32.1. The number of ether oxygens (including phenoxy) is 1. The molecule has 24 heavy (non-hydrogen) atoms. The first-order valence-corrected chi connectivity index (χ1v) is 8.35. The van der Waals surface area contributed by atoms with E-state index in [-0.39, 0.29) is 18.2 Å². The predicted molar refractivity (Wildman–Crippen MR) is 90.5 cm³/mol. The van der Waals surface area contributed by atoms with Gasteiger partial charge in [-0.1, -0.05) is 25.2 Å². The Morgan fingerprint density at radius 1 is 1.29 bits per heavy atom. The molecule has 0 fully saturated rings. The number of aromatic nitrogens is 2. The molecule has 2 rings (SSSR count). The molecule has 0 aliphatic carbocycles. The average molecular weight is 350 g/mol. The van der Waals surface area contributed by atoms with Gasteiger partial charge in [-0.25, -0.2) is 0 Å². The Kier molecular flexibility index (Phi) is 6.19. The van der Waals surface area contributed by atoms with Gasteiger partial charge in [0.25, 0.3) is 11.6 Å². The SMILES string of the molecule is CCC(CC)c1nnc(NC(=O)COc2ccc([N+](=O)[O-])cc2)s1. The fourth-order valence-corrected chi connectivity index (χ4v) is 3.08. The summed E-state index contributed by atoms with van der Waals surface area (Å²) in [6, 6.07) is 5.53. The first-order valence-electron chi connectivity index (χ1n) is 7.54. The third-order valence-corrected chi connectivity index (χ3v) is 4.44. The molecule has 1 aromatic carbocycles. The summed E-state index contributed by atoms with van der Waals surface area (Å²) in [7, 11) is 0. The van der Waals surface area contributed by atoms with E-state index in [2.05, 4.69) is 29.4 Å². The van der Waals surface area contributed by atoms with E-state index in [9.17, 15) is 14.9 Å². The zero-order chi connectivity index (χ0) is 17.5. The molecule has 0 saturated carbocycles. The molecule has 2 aromatic rings. The Bertz CT molecular complexity index is 698. The summed E-state index contributed by atoms with van der Waals surface area (Å²) >= 11 is 1.36. The van der Waals surface area contributed by atoms with Crippen LogP contribution in [-0.2, 0) is 4.79 Å². The van der Waals surface area contributed by atoms with E-state index in [1.54, 1.807) is 0 Å². The van der Waals surface area contributed by atoms with E-state index in [4.69, 9.17) is 4.74 Å². The van der Waals surface area contributed by atoms with Gasteiger partial charge < -0.3 is 4.74 Å². The molecule has 1 amide bonds. The zero-order valence-corrected chi connectivity index (χ0v) is 14.2. The number of carbonyl (C=O) groups is 1. The molecule has 0 radical (unpaired) electrons. The molecule has 0 bridgehead atoms. The standard InChI is InChI=1S/C15H18N4O4S/c1-3-10(4-2)14-17-18-15(24-14)16-13(20)9-23-12-7-5-11(6-8-12)19(21)22/h5-8,10H,3-4,9H2,1-2H3,(H,16,18,20). The van der Waals surface area contributed by atoms with Crippen molar-refractivity contribution >= 4 is 28.1 Å². The van der Waals surface area contributed by atoms with Gasteiger partial charge in [0.05, 0.1) is 4.92 Å². The van der Waals surface area contributed by atoms with Crippen LogP contribution in [0.5, 0.6) is 5.75 Å². The lowest BCUT2D eigenvalue weighted by atomic mass is 10.1. The number of nitrogens with zero attached hydrogens (tertiary/aromatic N) is 3. The van der Waals surface area contributed by atoms with Gasteiger partial charge in [-0.05, 0) is 25.0 Å². The minimum Gasteiger partial charge on any atom is -0.484 e. The summed E-state index contributed by atoms with van der Waals surface area (Å²) in [5, 5.41) is 22.6. The third-order valence-electron chi connectivity index (χ3n) is 3.44. The molecule has 0 aliphatic rings. The average Bonchev–Trinajstić information content (AvgIpc) is 3.02. The Labute approximate surface area is 143 Å². The van der Waals surface area contributed by atoms with Crippen molar-refractivity contribution in [3.63, 3.8) is 0 Å². The number of benzene rings is 1. The van der Waals surface area contributed by atoms with Crippen molar-refractivity contribution in [3.8, 4) is 5.75 Å². The van der Waals surface area contributed by atoms with Gasteiger partial charge in [0.15, 0.2) is 6.61 Å². The van der Waals surface area contributed by atoms with Crippen LogP contribution in [0.1, 0.15) is 37.6 Å². The van der Waals surface area contributed by atoms with E-state index >= 15 is 0 Å². The summed E-state index contributed by atoms with van der Waals surface area (Å²) < 4.78 is 5.29. The van der Waals surface area contributed by atoms with Crippen LogP contribution in [0.2, 0.25) is 0 Å². The maximum Gasteiger partial charge on any atom is 0.269 e. The number of non-ortho nitro benzene ring substituents is 1. The van der Waals surface area contributed by atoms with Crippen LogP contribution >= 0.6 is 11.3 Å². The highest BCUT2D eigenvalue weighted by Crippen LogP contribution is 2.28. The van der Waals surface area contributed by atoms with E-state index in [0.29, 0.717) is 16.8 Å². The number of amides is 1. The number of rotatable bonds is 8. The van der Waals surface area contributed by atoms with Gasteiger partial charge in [0.2, 0.25) is 5.13 Å². The van der Waals surface area contributed by atoms with E-state index in [1.807, 2.05) is 0 Å². The Morgan fingerprint density at radius 3 is 2.54 bits per heavy atom. The summed E-state index contributed by atoms with van der Waals surface area (Å²) in [5.74, 6) is 0.371. The quantitative estimate of drug-likeness (QED) is 0.578. The lowest BCUT2D eigenvalue weighted by molar-refractivity contribution is -0.384. The van der Waals surface area contributed by atoms with Gasteiger partial charge in [0, 0.05) is 18.1 Å². The van der Waals surface area contributed by atoms with Gasteiger partial charge >= 0.3 is 0 Å². The summed E-state index contributed by atoms with van der Waals surface area (Å²) in [6.45, 7) is 3.97. The monoisotopic (exact) mass is 350 g/mol. The Balaban J connectivity index is 1.86. The van der Waals surface area contributed by atoms with E-state index in [1.165, 1.54) is 35.6 Å². The van der Waals surface area contributed by atoms with Crippen molar-refractivity contribution in [3.05, 3.63) is 39.4 Å². The van der Waals surface area contributed by atoms with Crippen LogP contribution in [-0.4, -0.2) is 27.6 Å². The number of hydrogen-bond acceptors (Lipinski definition) is 7. The van der Waals surface area contributed by atoms with Crippen LogP contribution in [0.15, 0.2) is 24.3 Å². The molecule has 0 spiro atoms. The molecule has 1 heterocycles. The number of nitro benzene ring substituents is 1. The molecular weight excluding hydrogens is 332 g/mol. The van der Waals surface area contributed by atoms with Gasteiger partial charge in [-0.2, -0.15) is 0 Å². The van der Waals surface area contributed by atoms with Crippen LogP contribution < -0.4 is 10.1 Å². The number of nitrogens with one attached hydrogen (secondary N) is 1. The molecule has 8 nitrogen and oxygen atoms in total. The second kappa shape index (κ2) is 8.34. The Morgan fingerprint density at radius 2 is 1.96 bits per heavy atom. The van der Waals surface area contributed by atoms with E-state index in [0.717, 1.165) is 17.8 Å². The van der Waals surface area contributed by atoms with Crippen molar-refractivity contribution in [2.24, 2.45) is 0 Å². The summed E-state index contributed by atoms with van der Waals surface area (Å²) in [4.78, 5) is 21.9. The van der Waals surface area contributed by atoms with Crippen molar-refractivity contribution in [2.45, 2.75) is 32.6 Å². The zero-order valence-electron chi connectivity index (χ0n) is 13.4. The topological polar surface area (TPSA) is 107 Å². The lowest BCUT2D eigenvalue weighted by Gasteiger charge is -2.06. The molecule has 0 aliphatic heterocycles. The highest BCUT2D eigenvalue weighted by molar-refractivity contribution is 7.15. The molecule has 128 valence electrons. The lowest BCUT2D eigenvalue weighted by Crippen LogP contribution is -2.20. The number of carbonyl (C=O) groups excluding carboxylic acids is 1. The smallest absolute Gasteiger partial charge is 0.269 e. The number of hydrogen-bond donors (Lipinski definition) is 1. The molecular formula is C15H18N4O4S. The second-order valence-electron chi connectivity index (χ2n) is 5.05. The fraction of sp³-hybridized carbons (Fsp3) is 0.400. The fourth-order valence-electron chi connectivity index (χ4n) is 2.06. The number of anilines is 1. The molecule has 0 atom stereocenters. The maximum absolute atomic E-state index is 11.9.